The van der Waals surface area contributed by atoms with E-state index in [1.807, 2.05) is 42.5 Å². The lowest BCUT2D eigenvalue weighted by atomic mass is 10.0. The Balaban J connectivity index is 1.54. The van der Waals surface area contributed by atoms with Crippen LogP contribution < -0.4 is 4.74 Å². The second-order valence-corrected chi connectivity index (χ2v) is 9.34. The van der Waals surface area contributed by atoms with Gasteiger partial charge >= 0.3 is 5.97 Å². The molecule has 0 aromatic heterocycles. The van der Waals surface area contributed by atoms with Crippen molar-refractivity contribution in [2.24, 2.45) is 0 Å². The fourth-order valence-corrected chi connectivity index (χ4v) is 4.82. The minimum absolute atomic E-state index is 0.167. The van der Waals surface area contributed by atoms with E-state index >= 15 is 0 Å². The predicted molar refractivity (Wildman–Crippen MR) is 135 cm³/mol. The number of amides is 1. The lowest BCUT2D eigenvalue weighted by Crippen LogP contribution is -2.45. The molecule has 0 radical (unpaired) electrons. The van der Waals surface area contributed by atoms with Crippen LogP contribution in [0.3, 0.4) is 0 Å². The first-order valence-corrected chi connectivity index (χ1v) is 11.6. The van der Waals surface area contributed by atoms with Crippen molar-refractivity contribution >= 4 is 57.9 Å². The highest BCUT2D eigenvalue weighted by Gasteiger charge is 2.40. The van der Waals surface area contributed by atoms with Crippen LogP contribution in [0.2, 0.25) is 5.02 Å². The molecule has 33 heavy (non-hydrogen) atoms. The average Bonchev–Trinajstić information content (AvgIpc) is 3.07. The van der Waals surface area contributed by atoms with E-state index in [1.165, 1.54) is 4.90 Å². The molecule has 5 nitrogen and oxygen atoms in total. The number of ether oxygens (including phenoxy) is 1. The Morgan fingerprint density at radius 2 is 1.79 bits per heavy atom. The van der Waals surface area contributed by atoms with Gasteiger partial charge in [0.15, 0.2) is 0 Å². The number of carbonyl (C=O) groups is 2. The molecule has 1 amide bonds. The van der Waals surface area contributed by atoms with E-state index in [9.17, 15) is 14.7 Å². The Bertz CT molecular complexity index is 1230. The van der Waals surface area contributed by atoms with Crippen LogP contribution in [0.5, 0.6) is 11.5 Å². The number of carboxylic acid groups (broad SMARTS) is 1. The van der Waals surface area contributed by atoms with E-state index in [1.54, 1.807) is 42.5 Å². The van der Waals surface area contributed by atoms with Gasteiger partial charge in [-0.2, -0.15) is 0 Å². The third-order valence-corrected chi connectivity index (χ3v) is 6.48. The van der Waals surface area contributed by atoms with Crippen molar-refractivity contribution in [3.63, 3.8) is 0 Å². The van der Waals surface area contributed by atoms with E-state index in [-0.39, 0.29) is 10.7 Å². The minimum atomic E-state index is -1.10. The first kappa shape index (κ1) is 23.0. The first-order chi connectivity index (χ1) is 15.9. The SMILES string of the molecule is O=C(O)C(Cc1ccccc1)N1C(=O)/C(=C/c2cccc(Oc3ccc(Cl)cc3)c2)SC1=S. The maximum atomic E-state index is 13.1. The molecule has 1 aliphatic rings. The minimum Gasteiger partial charge on any atom is -0.480 e. The van der Waals surface area contributed by atoms with E-state index in [4.69, 9.17) is 28.6 Å². The standard InChI is InChI=1S/C25H18ClNO4S2/c26-18-9-11-19(12-10-18)31-20-8-4-7-17(13-20)15-22-23(28)27(25(32)33-22)21(24(29)30)14-16-5-2-1-3-6-16/h1-13,15,21H,14H2,(H,29,30)/b22-15-. The maximum absolute atomic E-state index is 13.1. The lowest BCUT2D eigenvalue weighted by Gasteiger charge is -2.23. The molecule has 4 rings (SSSR count). The Hall–Kier alpha value is -3.13. The molecular weight excluding hydrogens is 478 g/mol. The molecule has 3 aromatic rings. The zero-order chi connectivity index (χ0) is 23.4. The number of hydrogen-bond acceptors (Lipinski definition) is 5. The van der Waals surface area contributed by atoms with E-state index in [2.05, 4.69) is 0 Å². The van der Waals surface area contributed by atoms with Gasteiger partial charge in [-0.1, -0.05) is 78.0 Å². The fraction of sp³-hybridized carbons (Fsp3) is 0.0800. The summed E-state index contributed by atoms with van der Waals surface area (Å²) in [4.78, 5) is 26.6. The number of carboxylic acids is 1. The van der Waals surface area contributed by atoms with Crippen LogP contribution in [0, 0.1) is 0 Å². The zero-order valence-corrected chi connectivity index (χ0v) is 19.6. The van der Waals surface area contributed by atoms with Crippen molar-refractivity contribution in [2.45, 2.75) is 12.5 Å². The van der Waals surface area contributed by atoms with Gasteiger partial charge in [-0.25, -0.2) is 4.79 Å². The van der Waals surface area contributed by atoms with Gasteiger partial charge in [0, 0.05) is 11.4 Å². The van der Waals surface area contributed by atoms with Gasteiger partial charge in [0.2, 0.25) is 0 Å². The molecular formula is C25H18ClNO4S2. The predicted octanol–water partition coefficient (Wildman–Crippen LogP) is 6.03. The monoisotopic (exact) mass is 495 g/mol. The summed E-state index contributed by atoms with van der Waals surface area (Å²) in [7, 11) is 0. The van der Waals surface area contributed by atoms with Gasteiger partial charge in [0.05, 0.1) is 4.91 Å². The van der Waals surface area contributed by atoms with Crippen molar-refractivity contribution in [1.29, 1.82) is 0 Å². The van der Waals surface area contributed by atoms with E-state index in [0.717, 1.165) is 22.9 Å². The third-order valence-electron chi connectivity index (χ3n) is 4.90. The topological polar surface area (TPSA) is 66.8 Å². The summed E-state index contributed by atoms with van der Waals surface area (Å²) in [5.41, 5.74) is 1.55. The summed E-state index contributed by atoms with van der Waals surface area (Å²) < 4.78 is 6.08. The van der Waals surface area contributed by atoms with Crippen molar-refractivity contribution in [1.82, 2.24) is 4.90 Å². The Morgan fingerprint density at radius 3 is 2.48 bits per heavy atom. The van der Waals surface area contributed by atoms with Crippen LogP contribution in [0.15, 0.2) is 83.8 Å². The van der Waals surface area contributed by atoms with Crippen molar-refractivity contribution in [2.75, 3.05) is 0 Å². The molecule has 1 fully saturated rings. The summed E-state index contributed by atoms with van der Waals surface area (Å²) in [5, 5.41) is 10.4. The molecule has 3 aromatic carbocycles. The highest BCUT2D eigenvalue weighted by molar-refractivity contribution is 8.26. The van der Waals surface area contributed by atoms with Crippen LogP contribution in [0.4, 0.5) is 0 Å². The quantitative estimate of drug-likeness (QED) is 0.319. The summed E-state index contributed by atoms with van der Waals surface area (Å²) in [6.45, 7) is 0. The van der Waals surface area contributed by atoms with Crippen LogP contribution in [-0.2, 0) is 16.0 Å². The number of rotatable bonds is 7. The Kier molecular flexibility index (Phi) is 7.13. The molecule has 0 saturated carbocycles. The largest absolute Gasteiger partial charge is 0.480 e. The number of aliphatic carboxylic acids is 1. The number of carbonyl (C=O) groups excluding carboxylic acids is 1. The molecule has 1 saturated heterocycles. The molecule has 0 aliphatic carbocycles. The summed E-state index contributed by atoms with van der Waals surface area (Å²) >= 11 is 12.4. The van der Waals surface area contributed by atoms with Crippen LogP contribution in [0.1, 0.15) is 11.1 Å². The molecule has 1 heterocycles. The summed E-state index contributed by atoms with van der Waals surface area (Å²) in [5.74, 6) is -0.297. The number of thiocarbonyl (C=S) groups is 1. The number of benzene rings is 3. The average molecular weight is 496 g/mol. The van der Waals surface area contributed by atoms with Crippen molar-refractivity contribution < 1.29 is 19.4 Å². The highest BCUT2D eigenvalue weighted by Crippen LogP contribution is 2.35. The lowest BCUT2D eigenvalue weighted by molar-refractivity contribution is -0.145. The molecule has 166 valence electrons. The Labute approximate surface area is 205 Å². The smallest absolute Gasteiger partial charge is 0.327 e. The first-order valence-electron chi connectivity index (χ1n) is 9.98. The third kappa shape index (κ3) is 5.63. The normalized spacial score (nSPS) is 15.7. The van der Waals surface area contributed by atoms with Crippen LogP contribution in [-0.4, -0.2) is 32.2 Å². The van der Waals surface area contributed by atoms with Gasteiger partial charge in [-0.3, -0.25) is 9.69 Å². The summed E-state index contributed by atoms with van der Waals surface area (Å²) in [6.07, 6.45) is 1.86. The number of hydrogen-bond donors (Lipinski definition) is 1. The second kappa shape index (κ2) is 10.2. The Morgan fingerprint density at radius 1 is 1.06 bits per heavy atom. The second-order valence-electron chi connectivity index (χ2n) is 7.22. The molecule has 0 spiro atoms. The molecule has 1 aliphatic heterocycles. The number of nitrogens with zero attached hydrogens (tertiary/aromatic N) is 1. The van der Waals surface area contributed by atoms with Gasteiger partial charge in [-0.05, 0) is 53.6 Å². The van der Waals surface area contributed by atoms with E-state index in [0.29, 0.717) is 21.4 Å². The zero-order valence-electron chi connectivity index (χ0n) is 17.2. The summed E-state index contributed by atoms with van der Waals surface area (Å²) in [6, 6.07) is 22.3. The molecule has 1 unspecified atom stereocenters. The number of halogens is 1. The molecule has 1 N–H and O–H groups in total. The van der Waals surface area contributed by atoms with Crippen molar-refractivity contribution in [3.8, 4) is 11.5 Å². The molecule has 0 bridgehead atoms. The van der Waals surface area contributed by atoms with Crippen molar-refractivity contribution in [3.05, 3.63) is 99.9 Å². The van der Waals surface area contributed by atoms with Gasteiger partial charge < -0.3 is 9.84 Å². The maximum Gasteiger partial charge on any atom is 0.327 e. The number of thioether (sulfide) groups is 1. The van der Waals surface area contributed by atoms with Gasteiger partial charge in [0.1, 0.15) is 21.9 Å². The molecule has 8 heteroatoms. The van der Waals surface area contributed by atoms with Crippen LogP contribution in [0.25, 0.3) is 6.08 Å². The highest BCUT2D eigenvalue weighted by atomic mass is 35.5. The van der Waals surface area contributed by atoms with Crippen LogP contribution >= 0.6 is 35.6 Å². The van der Waals surface area contributed by atoms with E-state index < -0.39 is 17.9 Å². The fourth-order valence-electron chi connectivity index (χ4n) is 3.33. The molecule has 1 atom stereocenters. The van der Waals surface area contributed by atoms with Gasteiger partial charge in [-0.15, -0.1) is 0 Å². The van der Waals surface area contributed by atoms with Gasteiger partial charge in [0.25, 0.3) is 5.91 Å².